The van der Waals surface area contributed by atoms with Gasteiger partial charge < -0.3 is 15.4 Å². The highest BCUT2D eigenvalue weighted by Gasteiger charge is 2.15. The molecule has 0 spiro atoms. The van der Waals surface area contributed by atoms with E-state index in [1.54, 1.807) is 0 Å². The van der Waals surface area contributed by atoms with Crippen LogP contribution in [-0.2, 0) is 4.79 Å². The average Bonchev–Trinajstić information content (AvgIpc) is 2.46. The van der Waals surface area contributed by atoms with Crippen LogP contribution in [0, 0.1) is 10.1 Å². The molecule has 2 rings (SSSR count). The second-order valence-electron chi connectivity index (χ2n) is 4.63. The van der Waals surface area contributed by atoms with Gasteiger partial charge in [-0.1, -0.05) is 0 Å². The fraction of sp³-hybridized carbons (Fsp3) is 0.462. The maximum absolute atomic E-state index is 11.7. The summed E-state index contributed by atoms with van der Waals surface area (Å²) in [4.78, 5) is 21.7. The number of amides is 1. The number of piperidine rings is 1. The van der Waals surface area contributed by atoms with E-state index in [-0.39, 0.29) is 24.2 Å². The lowest BCUT2D eigenvalue weighted by molar-refractivity contribution is -0.384. The summed E-state index contributed by atoms with van der Waals surface area (Å²) in [6, 6.07) is 5.86. The Morgan fingerprint density at radius 3 is 2.60 bits per heavy atom. The van der Waals surface area contributed by atoms with Gasteiger partial charge in [-0.3, -0.25) is 14.9 Å². The largest absolute Gasteiger partial charge is 0.484 e. The molecule has 1 aliphatic rings. The van der Waals surface area contributed by atoms with Crippen molar-refractivity contribution in [2.24, 2.45) is 0 Å². The van der Waals surface area contributed by atoms with Crippen molar-refractivity contribution in [3.63, 3.8) is 0 Å². The molecule has 0 unspecified atom stereocenters. The lowest BCUT2D eigenvalue weighted by Gasteiger charge is -2.23. The molecule has 1 saturated heterocycles. The van der Waals surface area contributed by atoms with Crippen LogP contribution >= 0.6 is 0 Å². The van der Waals surface area contributed by atoms with E-state index in [2.05, 4.69) is 10.6 Å². The Kier molecular flexibility index (Phi) is 4.89. The number of hydrogen-bond acceptors (Lipinski definition) is 5. The Morgan fingerprint density at radius 1 is 1.35 bits per heavy atom. The van der Waals surface area contributed by atoms with Crippen molar-refractivity contribution < 1.29 is 14.5 Å². The van der Waals surface area contributed by atoms with E-state index >= 15 is 0 Å². The molecule has 1 aromatic carbocycles. The highest BCUT2D eigenvalue weighted by Crippen LogP contribution is 2.17. The first-order chi connectivity index (χ1) is 9.65. The van der Waals surface area contributed by atoms with Crippen molar-refractivity contribution in [2.75, 3.05) is 19.7 Å². The van der Waals surface area contributed by atoms with E-state index in [1.807, 2.05) is 0 Å². The number of rotatable bonds is 5. The fourth-order valence-corrected chi connectivity index (χ4v) is 2.05. The van der Waals surface area contributed by atoms with Gasteiger partial charge in [0.2, 0.25) is 0 Å². The van der Waals surface area contributed by atoms with Crippen molar-refractivity contribution in [2.45, 2.75) is 18.9 Å². The Hall–Kier alpha value is -2.15. The molecule has 0 saturated carbocycles. The van der Waals surface area contributed by atoms with Gasteiger partial charge in [0.05, 0.1) is 4.92 Å². The van der Waals surface area contributed by atoms with Gasteiger partial charge in [0, 0.05) is 18.2 Å². The van der Waals surface area contributed by atoms with Crippen LogP contribution in [0.25, 0.3) is 0 Å². The third kappa shape index (κ3) is 4.20. The van der Waals surface area contributed by atoms with Gasteiger partial charge in [-0.2, -0.15) is 0 Å². The summed E-state index contributed by atoms with van der Waals surface area (Å²) < 4.78 is 5.29. The zero-order chi connectivity index (χ0) is 14.4. The second kappa shape index (κ2) is 6.85. The Bertz CT molecular complexity index is 469. The summed E-state index contributed by atoms with van der Waals surface area (Å²) in [5.41, 5.74) is -0.00323. The van der Waals surface area contributed by atoms with Crippen LogP contribution in [0.2, 0.25) is 0 Å². The van der Waals surface area contributed by atoms with E-state index in [9.17, 15) is 14.9 Å². The summed E-state index contributed by atoms with van der Waals surface area (Å²) >= 11 is 0. The predicted octanol–water partition coefficient (Wildman–Crippen LogP) is 0.842. The number of non-ortho nitro benzene ring substituents is 1. The highest BCUT2D eigenvalue weighted by molar-refractivity contribution is 5.77. The van der Waals surface area contributed by atoms with Crippen LogP contribution in [0.15, 0.2) is 24.3 Å². The molecular weight excluding hydrogens is 262 g/mol. The molecule has 108 valence electrons. The summed E-state index contributed by atoms with van der Waals surface area (Å²) in [6.07, 6.45) is 1.84. The fourth-order valence-electron chi connectivity index (χ4n) is 2.05. The Balaban J connectivity index is 1.76. The molecule has 0 atom stereocenters. The molecule has 0 radical (unpaired) electrons. The predicted molar refractivity (Wildman–Crippen MR) is 72.6 cm³/mol. The second-order valence-corrected chi connectivity index (χ2v) is 4.63. The number of nitro benzene ring substituents is 1. The van der Waals surface area contributed by atoms with E-state index in [0.29, 0.717) is 5.75 Å². The van der Waals surface area contributed by atoms with Crippen molar-refractivity contribution in [3.8, 4) is 5.75 Å². The standard InChI is InChI=1S/C13H17N3O4/c17-13(15-10-5-7-14-8-6-10)9-20-12-3-1-11(2-4-12)16(18)19/h1-4,10,14H,5-9H2,(H,15,17). The lowest BCUT2D eigenvalue weighted by atomic mass is 10.1. The molecule has 1 aliphatic heterocycles. The molecule has 0 aromatic heterocycles. The van der Waals surface area contributed by atoms with Crippen LogP contribution in [0.5, 0.6) is 5.75 Å². The molecule has 2 N–H and O–H groups in total. The average molecular weight is 279 g/mol. The first-order valence-corrected chi connectivity index (χ1v) is 6.52. The quantitative estimate of drug-likeness (QED) is 0.615. The Labute approximate surface area is 116 Å². The van der Waals surface area contributed by atoms with Crippen molar-refractivity contribution in [1.82, 2.24) is 10.6 Å². The maximum Gasteiger partial charge on any atom is 0.269 e. The topological polar surface area (TPSA) is 93.5 Å². The van der Waals surface area contributed by atoms with Crippen molar-refractivity contribution in [1.29, 1.82) is 0 Å². The Morgan fingerprint density at radius 2 is 2.00 bits per heavy atom. The minimum atomic E-state index is -0.479. The summed E-state index contributed by atoms with van der Waals surface area (Å²) in [5.74, 6) is 0.270. The number of carbonyl (C=O) groups is 1. The summed E-state index contributed by atoms with van der Waals surface area (Å²) in [6.45, 7) is 1.74. The monoisotopic (exact) mass is 279 g/mol. The molecule has 7 heteroatoms. The number of nitro groups is 1. The molecule has 1 fully saturated rings. The van der Waals surface area contributed by atoms with Gasteiger partial charge in [-0.25, -0.2) is 0 Å². The van der Waals surface area contributed by atoms with E-state index in [0.717, 1.165) is 25.9 Å². The van der Waals surface area contributed by atoms with Gasteiger partial charge in [0.1, 0.15) is 5.75 Å². The van der Waals surface area contributed by atoms with Gasteiger partial charge in [-0.15, -0.1) is 0 Å². The highest BCUT2D eigenvalue weighted by atomic mass is 16.6. The van der Waals surface area contributed by atoms with Crippen molar-refractivity contribution >= 4 is 11.6 Å². The van der Waals surface area contributed by atoms with Crippen LogP contribution in [0.1, 0.15) is 12.8 Å². The number of nitrogens with one attached hydrogen (secondary N) is 2. The number of nitrogens with zero attached hydrogens (tertiary/aromatic N) is 1. The van der Waals surface area contributed by atoms with Crippen LogP contribution in [0.4, 0.5) is 5.69 Å². The molecule has 1 aromatic rings. The van der Waals surface area contributed by atoms with E-state index in [1.165, 1.54) is 24.3 Å². The number of hydrogen-bond donors (Lipinski definition) is 2. The number of benzene rings is 1. The SMILES string of the molecule is O=C(COc1ccc([N+](=O)[O-])cc1)NC1CCNCC1. The minimum absolute atomic E-state index is 0.00323. The van der Waals surface area contributed by atoms with Gasteiger partial charge in [0.15, 0.2) is 6.61 Å². The zero-order valence-corrected chi connectivity index (χ0v) is 11.0. The van der Waals surface area contributed by atoms with Crippen LogP contribution in [0.3, 0.4) is 0 Å². The lowest BCUT2D eigenvalue weighted by Crippen LogP contribution is -2.44. The molecule has 20 heavy (non-hydrogen) atoms. The van der Waals surface area contributed by atoms with Crippen LogP contribution in [-0.4, -0.2) is 36.6 Å². The molecule has 1 heterocycles. The van der Waals surface area contributed by atoms with Crippen molar-refractivity contribution in [3.05, 3.63) is 34.4 Å². The normalized spacial score (nSPS) is 15.6. The molecule has 0 bridgehead atoms. The zero-order valence-electron chi connectivity index (χ0n) is 11.0. The molecule has 1 amide bonds. The third-order valence-corrected chi connectivity index (χ3v) is 3.12. The van der Waals surface area contributed by atoms with E-state index < -0.39 is 4.92 Å². The molecular formula is C13H17N3O4. The van der Waals surface area contributed by atoms with E-state index in [4.69, 9.17) is 4.74 Å². The summed E-state index contributed by atoms with van der Waals surface area (Å²) in [5, 5.41) is 16.6. The molecule has 0 aliphatic carbocycles. The van der Waals surface area contributed by atoms with Gasteiger partial charge in [-0.05, 0) is 38.1 Å². The maximum atomic E-state index is 11.7. The minimum Gasteiger partial charge on any atom is -0.484 e. The summed E-state index contributed by atoms with van der Waals surface area (Å²) in [7, 11) is 0. The van der Waals surface area contributed by atoms with Gasteiger partial charge >= 0.3 is 0 Å². The van der Waals surface area contributed by atoms with Crippen LogP contribution < -0.4 is 15.4 Å². The smallest absolute Gasteiger partial charge is 0.269 e. The van der Waals surface area contributed by atoms with Gasteiger partial charge in [0.25, 0.3) is 11.6 Å². The third-order valence-electron chi connectivity index (χ3n) is 3.12. The number of carbonyl (C=O) groups excluding carboxylic acids is 1. The first kappa shape index (κ1) is 14.3. The number of ether oxygens (including phenoxy) is 1. The molecule has 7 nitrogen and oxygen atoms in total. The first-order valence-electron chi connectivity index (χ1n) is 6.52.